The average molecular weight is 235 g/mol. The van der Waals surface area contributed by atoms with E-state index < -0.39 is 5.91 Å². The van der Waals surface area contributed by atoms with Crippen LogP contribution in [-0.2, 0) is 0 Å². The second-order valence-corrected chi connectivity index (χ2v) is 4.17. The summed E-state index contributed by atoms with van der Waals surface area (Å²) in [4.78, 5) is 29.2. The molecule has 0 saturated heterocycles. The molecule has 4 N–H and O–H groups in total. The van der Waals surface area contributed by atoms with Crippen LogP contribution in [0.3, 0.4) is 0 Å². The van der Waals surface area contributed by atoms with Gasteiger partial charge in [0.15, 0.2) is 10.7 Å². The summed E-state index contributed by atoms with van der Waals surface area (Å²) >= 11 is 1.14. The molecule has 0 radical (unpaired) electrons. The summed E-state index contributed by atoms with van der Waals surface area (Å²) in [5, 5.41) is 6.86. The fourth-order valence-corrected chi connectivity index (χ4v) is 2.39. The van der Waals surface area contributed by atoms with Gasteiger partial charge in [0.25, 0.3) is 11.5 Å². The summed E-state index contributed by atoms with van der Waals surface area (Å²) in [7, 11) is 0. The molecule has 0 saturated carbocycles. The molecular weight excluding hydrogens is 230 g/mol. The maximum absolute atomic E-state index is 11.4. The molecule has 0 bridgehead atoms. The Morgan fingerprint density at radius 1 is 1.50 bits per heavy atom. The SMILES string of the molecule is NC(=O)c1nc2[nH]c3c(=O)[nH]ncc3c2s1. The predicted molar refractivity (Wildman–Crippen MR) is 58.4 cm³/mol. The molecule has 3 aromatic heterocycles. The molecule has 0 atom stereocenters. The Kier molecular flexibility index (Phi) is 1.63. The number of nitrogens with one attached hydrogen (secondary N) is 2. The van der Waals surface area contributed by atoms with Gasteiger partial charge in [0, 0.05) is 5.39 Å². The van der Waals surface area contributed by atoms with Crippen LogP contribution in [0.4, 0.5) is 0 Å². The molecule has 80 valence electrons. The Balaban J connectivity index is 2.48. The van der Waals surface area contributed by atoms with Crippen LogP contribution in [0, 0.1) is 0 Å². The molecule has 1 amide bonds. The van der Waals surface area contributed by atoms with E-state index in [4.69, 9.17) is 5.73 Å². The Bertz CT molecular complexity index is 768. The number of fused-ring (bicyclic) bond motifs is 3. The maximum atomic E-state index is 11.4. The zero-order valence-corrected chi connectivity index (χ0v) is 8.59. The Morgan fingerprint density at radius 2 is 2.31 bits per heavy atom. The van der Waals surface area contributed by atoms with Crippen LogP contribution in [0.1, 0.15) is 9.80 Å². The van der Waals surface area contributed by atoms with E-state index >= 15 is 0 Å². The molecule has 3 aromatic rings. The number of hydrogen-bond acceptors (Lipinski definition) is 5. The van der Waals surface area contributed by atoms with Crippen molar-refractivity contribution in [2.24, 2.45) is 5.73 Å². The van der Waals surface area contributed by atoms with Crippen LogP contribution >= 0.6 is 11.3 Å². The summed E-state index contributed by atoms with van der Waals surface area (Å²) in [6.07, 6.45) is 1.51. The Labute approximate surface area is 91.3 Å². The third kappa shape index (κ3) is 1.07. The van der Waals surface area contributed by atoms with E-state index in [-0.39, 0.29) is 10.6 Å². The van der Waals surface area contributed by atoms with E-state index in [2.05, 4.69) is 20.2 Å². The van der Waals surface area contributed by atoms with Crippen LogP contribution in [-0.4, -0.2) is 26.1 Å². The molecule has 8 heteroatoms. The molecule has 0 spiro atoms. The van der Waals surface area contributed by atoms with Gasteiger partial charge in [-0.1, -0.05) is 0 Å². The first-order valence-electron chi connectivity index (χ1n) is 4.32. The van der Waals surface area contributed by atoms with Crippen molar-refractivity contribution >= 4 is 38.5 Å². The fraction of sp³-hybridized carbons (Fsp3) is 0. The van der Waals surface area contributed by atoms with Crippen LogP contribution in [0.25, 0.3) is 21.3 Å². The Hall–Kier alpha value is -2.22. The molecule has 0 aliphatic carbocycles. The van der Waals surface area contributed by atoms with Crippen molar-refractivity contribution in [2.75, 3.05) is 0 Å². The molecule has 0 unspecified atom stereocenters. The van der Waals surface area contributed by atoms with Gasteiger partial charge in [0.1, 0.15) is 5.52 Å². The zero-order chi connectivity index (χ0) is 11.3. The van der Waals surface area contributed by atoms with Gasteiger partial charge in [0.2, 0.25) is 0 Å². The lowest BCUT2D eigenvalue weighted by Gasteiger charge is -1.86. The van der Waals surface area contributed by atoms with Gasteiger partial charge in [-0.3, -0.25) is 9.59 Å². The van der Waals surface area contributed by atoms with E-state index in [1.165, 1.54) is 6.20 Å². The van der Waals surface area contributed by atoms with Crippen LogP contribution < -0.4 is 11.3 Å². The quantitative estimate of drug-likeness (QED) is 0.548. The van der Waals surface area contributed by atoms with E-state index in [0.717, 1.165) is 11.3 Å². The second kappa shape index (κ2) is 2.89. The first-order valence-corrected chi connectivity index (χ1v) is 5.14. The molecule has 0 aliphatic heterocycles. The smallest absolute Gasteiger partial charge is 0.288 e. The summed E-state index contributed by atoms with van der Waals surface area (Å²) in [6, 6.07) is 0. The zero-order valence-electron chi connectivity index (χ0n) is 7.77. The predicted octanol–water partition coefficient (Wildman–Crippen LogP) is -0.0402. The lowest BCUT2D eigenvalue weighted by atomic mass is 10.4. The van der Waals surface area contributed by atoms with Crippen molar-refractivity contribution in [3.63, 3.8) is 0 Å². The van der Waals surface area contributed by atoms with Gasteiger partial charge in [-0.15, -0.1) is 11.3 Å². The number of primary amides is 1. The van der Waals surface area contributed by atoms with E-state index in [1.54, 1.807) is 0 Å². The largest absolute Gasteiger partial charge is 0.364 e. The number of nitrogens with two attached hydrogens (primary N) is 1. The molecule has 0 aromatic carbocycles. The van der Waals surface area contributed by atoms with Crippen molar-refractivity contribution in [2.45, 2.75) is 0 Å². The van der Waals surface area contributed by atoms with Gasteiger partial charge in [-0.05, 0) is 0 Å². The van der Waals surface area contributed by atoms with Crippen molar-refractivity contribution in [3.8, 4) is 0 Å². The standard InChI is InChI=1S/C8H5N5O2S/c9-5(14)8-12-6-4(16-8)2-1-10-13-7(15)3(2)11-6/h1,11H,(H2,9,14)(H,13,15). The van der Waals surface area contributed by atoms with E-state index in [9.17, 15) is 9.59 Å². The maximum Gasteiger partial charge on any atom is 0.288 e. The number of amides is 1. The van der Waals surface area contributed by atoms with E-state index in [0.29, 0.717) is 21.3 Å². The molecule has 16 heavy (non-hydrogen) atoms. The highest BCUT2D eigenvalue weighted by Gasteiger charge is 2.14. The number of hydrogen-bond donors (Lipinski definition) is 3. The third-order valence-electron chi connectivity index (χ3n) is 2.18. The number of rotatable bonds is 1. The van der Waals surface area contributed by atoms with Gasteiger partial charge < -0.3 is 10.7 Å². The van der Waals surface area contributed by atoms with Gasteiger partial charge in [-0.2, -0.15) is 5.10 Å². The van der Waals surface area contributed by atoms with Gasteiger partial charge >= 0.3 is 0 Å². The number of aromatic amines is 2. The molecule has 0 fully saturated rings. The molecule has 0 aliphatic rings. The van der Waals surface area contributed by atoms with Crippen molar-refractivity contribution in [1.29, 1.82) is 0 Å². The highest BCUT2D eigenvalue weighted by atomic mass is 32.1. The molecule has 7 nitrogen and oxygen atoms in total. The lowest BCUT2D eigenvalue weighted by Crippen LogP contribution is -2.10. The van der Waals surface area contributed by atoms with E-state index in [1.807, 2.05) is 0 Å². The van der Waals surface area contributed by atoms with Gasteiger partial charge in [-0.25, -0.2) is 10.1 Å². The summed E-state index contributed by atoms with van der Waals surface area (Å²) in [5.74, 6) is -0.583. The van der Waals surface area contributed by atoms with Crippen LogP contribution in [0.2, 0.25) is 0 Å². The highest BCUT2D eigenvalue weighted by molar-refractivity contribution is 7.21. The number of H-pyrrole nitrogens is 2. The number of thiazole rings is 1. The number of nitrogens with zero attached hydrogens (tertiary/aromatic N) is 2. The first-order chi connectivity index (χ1) is 7.66. The first kappa shape index (κ1) is 9.04. The number of carbonyl (C=O) groups excluding carboxylic acids is 1. The summed E-state index contributed by atoms with van der Waals surface area (Å²) < 4.78 is 0.711. The fourth-order valence-electron chi connectivity index (χ4n) is 1.51. The number of carbonyl (C=O) groups is 1. The molecule has 3 rings (SSSR count). The molecule has 3 heterocycles. The monoisotopic (exact) mass is 235 g/mol. The van der Waals surface area contributed by atoms with Crippen molar-refractivity contribution in [1.82, 2.24) is 20.2 Å². The minimum atomic E-state index is -0.583. The van der Waals surface area contributed by atoms with Crippen LogP contribution in [0.15, 0.2) is 11.0 Å². The average Bonchev–Trinajstić information content (AvgIpc) is 2.76. The minimum Gasteiger partial charge on any atom is -0.364 e. The Morgan fingerprint density at radius 3 is 3.06 bits per heavy atom. The highest BCUT2D eigenvalue weighted by Crippen LogP contribution is 2.27. The van der Waals surface area contributed by atoms with Crippen LogP contribution in [0.5, 0.6) is 0 Å². The van der Waals surface area contributed by atoms with Crippen molar-refractivity contribution < 1.29 is 4.79 Å². The second-order valence-electron chi connectivity index (χ2n) is 3.17. The number of aromatic nitrogens is 4. The normalized spacial score (nSPS) is 11.2. The summed E-state index contributed by atoms with van der Waals surface area (Å²) in [5.41, 5.74) is 5.69. The van der Waals surface area contributed by atoms with Crippen molar-refractivity contribution in [3.05, 3.63) is 21.6 Å². The topological polar surface area (TPSA) is 118 Å². The lowest BCUT2D eigenvalue weighted by molar-refractivity contribution is 0.1000. The molecular formula is C8H5N5O2S. The minimum absolute atomic E-state index is 0.212. The summed E-state index contributed by atoms with van der Waals surface area (Å²) in [6.45, 7) is 0. The third-order valence-corrected chi connectivity index (χ3v) is 3.29. The van der Waals surface area contributed by atoms with Gasteiger partial charge in [0.05, 0.1) is 10.9 Å².